The van der Waals surface area contributed by atoms with Crippen molar-refractivity contribution in [2.45, 2.75) is 65.5 Å². The third-order valence-corrected chi connectivity index (χ3v) is 3.91. The second kappa shape index (κ2) is 7.58. The van der Waals surface area contributed by atoms with Crippen LogP contribution < -0.4 is 10.2 Å². The Morgan fingerprint density at radius 3 is 2.40 bits per heavy atom. The van der Waals surface area contributed by atoms with E-state index in [2.05, 4.69) is 36.0 Å². The smallest absolute Gasteiger partial charge is 0.225 e. The van der Waals surface area contributed by atoms with Crippen LogP contribution in [0.4, 0.5) is 5.95 Å². The molecule has 0 saturated carbocycles. The van der Waals surface area contributed by atoms with Gasteiger partial charge in [-0.1, -0.05) is 33.1 Å². The SMILES string of the molecule is Cc1nc(N2CCCCCCC2)ncc1CNC(C)C. The maximum atomic E-state index is 4.72. The standard InChI is InChI=1S/C16H28N4/c1-13(2)17-11-15-12-18-16(19-14(15)3)20-9-7-5-4-6-8-10-20/h12-13,17H,4-11H2,1-3H3. The average molecular weight is 276 g/mol. The summed E-state index contributed by atoms with van der Waals surface area (Å²) in [6.45, 7) is 9.46. The van der Waals surface area contributed by atoms with Crippen LogP contribution in [0.2, 0.25) is 0 Å². The number of hydrogen-bond donors (Lipinski definition) is 1. The molecule has 0 amide bonds. The molecule has 0 aliphatic carbocycles. The number of nitrogens with one attached hydrogen (secondary N) is 1. The fourth-order valence-electron chi connectivity index (χ4n) is 2.57. The van der Waals surface area contributed by atoms with Gasteiger partial charge in [0, 0.05) is 43.1 Å². The van der Waals surface area contributed by atoms with Gasteiger partial charge in [-0.05, 0) is 19.8 Å². The first-order chi connectivity index (χ1) is 9.66. The van der Waals surface area contributed by atoms with Crippen LogP contribution in [0.3, 0.4) is 0 Å². The highest BCUT2D eigenvalue weighted by molar-refractivity contribution is 5.32. The van der Waals surface area contributed by atoms with Crippen LogP contribution in [0.5, 0.6) is 0 Å². The second-order valence-electron chi connectivity index (χ2n) is 6.07. The second-order valence-corrected chi connectivity index (χ2v) is 6.07. The van der Waals surface area contributed by atoms with Crippen molar-refractivity contribution < 1.29 is 0 Å². The zero-order chi connectivity index (χ0) is 14.4. The molecule has 1 fully saturated rings. The molecule has 0 bridgehead atoms. The van der Waals surface area contributed by atoms with E-state index < -0.39 is 0 Å². The van der Waals surface area contributed by atoms with Crippen LogP contribution in [-0.4, -0.2) is 29.1 Å². The fraction of sp³-hybridized carbons (Fsp3) is 0.750. The summed E-state index contributed by atoms with van der Waals surface area (Å²) in [6, 6.07) is 0.489. The molecule has 1 aliphatic rings. The van der Waals surface area contributed by atoms with Crippen molar-refractivity contribution in [2.75, 3.05) is 18.0 Å². The maximum Gasteiger partial charge on any atom is 0.225 e. The van der Waals surface area contributed by atoms with Gasteiger partial charge in [-0.15, -0.1) is 0 Å². The number of aromatic nitrogens is 2. The summed E-state index contributed by atoms with van der Waals surface area (Å²) in [5.74, 6) is 0.915. The van der Waals surface area contributed by atoms with Crippen LogP contribution in [0.25, 0.3) is 0 Å². The molecule has 0 atom stereocenters. The lowest BCUT2D eigenvalue weighted by atomic mass is 10.1. The van der Waals surface area contributed by atoms with Gasteiger partial charge < -0.3 is 10.2 Å². The molecule has 4 heteroatoms. The minimum Gasteiger partial charge on any atom is -0.341 e. The molecule has 1 N–H and O–H groups in total. The maximum absolute atomic E-state index is 4.72. The molecule has 1 aromatic rings. The Bertz CT molecular complexity index is 409. The Hall–Kier alpha value is -1.16. The van der Waals surface area contributed by atoms with Gasteiger partial charge in [0.25, 0.3) is 0 Å². The van der Waals surface area contributed by atoms with Gasteiger partial charge in [-0.2, -0.15) is 0 Å². The van der Waals surface area contributed by atoms with Crippen molar-refractivity contribution in [3.05, 3.63) is 17.5 Å². The molecule has 2 heterocycles. The van der Waals surface area contributed by atoms with E-state index >= 15 is 0 Å². The van der Waals surface area contributed by atoms with E-state index in [1.807, 2.05) is 6.20 Å². The Kier molecular flexibility index (Phi) is 5.77. The van der Waals surface area contributed by atoms with Gasteiger partial charge in [-0.3, -0.25) is 0 Å². The first kappa shape index (κ1) is 15.2. The van der Waals surface area contributed by atoms with E-state index in [4.69, 9.17) is 4.98 Å². The number of nitrogens with zero attached hydrogens (tertiary/aromatic N) is 3. The molecular weight excluding hydrogens is 248 g/mol. The van der Waals surface area contributed by atoms with Gasteiger partial charge in [0.2, 0.25) is 5.95 Å². The van der Waals surface area contributed by atoms with Crippen molar-refractivity contribution >= 4 is 5.95 Å². The van der Waals surface area contributed by atoms with Gasteiger partial charge in [0.05, 0.1) is 0 Å². The Morgan fingerprint density at radius 1 is 1.15 bits per heavy atom. The first-order valence-corrected chi connectivity index (χ1v) is 7.97. The van der Waals surface area contributed by atoms with Crippen molar-refractivity contribution in [3.63, 3.8) is 0 Å². The first-order valence-electron chi connectivity index (χ1n) is 7.97. The van der Waals surface area contributed by atoms with Crippen LogP contribution in [0.1, 0.15) is 57.2 Å². The van der Waals surface area contributed by atoms with Crippen molar-refractivity contribution in [1.29, 1.82) is 0 Å². The molecule has 2 rings (SSSR count). The molecule has 0 aromatic carbocycles. The lowest BCUT2D eigenvalue weighted by Crippen LogP contribution is -2.29. The lowest BCUT2D eigenvalue weighted by molar-refractivity contribution is 0.549. The fourth-order valence-corrected chi connectivity index (χ4v) is 2.57. The monoisotopic (exact) mass is 276 g/mol. The largest absolute Gasteiger partial charge is 0.341 e. The van der Waals surface area contributed by atoms with Crippen LogP contribution >= 0.6 is 0 Å². The van der Waals surface area contributed by atoms with Crippen molar-refractivity contribution in [3.8, 4) is 0 Å². The van der Waals surface area contributed by atoms with Crippen LogP contribution in [-0.2, 0) is 6.54 Å². The summed E-state index contributed by atoms with van der Waals surface area (Å²) in [4.78, 5) is 11.7. The van der Waals surface area contributed by atoms with Crippen molar-refractivity contribution in [1.82, 2.24) is 15.3 Å². The molecule has 112 valence electrons. The predicted molar refractivity (Wildman–Crippen MR) is 84.0 cm³/mol. The summed E-state index contributed by atoms with van der Waals surface area (Å²) in [6.07, 6.45) is 8.58. The summed E-state index contributed by atoms with van der Waals surface area (Å²) in [5, 5.41) is 3.43. The van der Waals surface area contributed by atoms with Crippen LogP contribution in [0, 0.1) is 6.92 Å². The molecule has 0 spiro atoms. The van der Waals surface area contributed by atoms with E-state index in [1.54, 1.807) is 0 Å². The summed E-state index contributed by atoms with van der Waals surface area (Å²) < 4.78 is 0. The Morgan fingerprint density at radius 2 is 1.80 bits per heavy atom. The van der Waals surface area contributed by atoms with E-state index in [0.717, 1.165) is 31.3 Å². The minimum atomic E-state index is 0.489. The molecule has 1 aliphatic heterocycles. The van der Waals surface area contributed by atoms with Gasteiger partial charge in [0.15, 0.2) is 0 Å². The Labute approximate surface area is 123 Å². The zero-order valence-corrected chi connectivity index (χ0v) is 13.2. The molecular formula is C16H28N4. The van der Waals surface area contributed by atoms with Gasteiger partial charge in [0.1, 0.15) is 0 Å². The Balaban J connectivity index is 2.02. The van der Waals surface area contributed by atoms with Gasteiger partial charge >= 0.3 is 0 Å². The highest BCUT2D eigenvalue weighted by Crippen LogP contribution is 2.16. The zero-order valence-electron chi connectivity index (χ0n) is 13.2. The van der Waals surface area contributed by atoms with Crippen molar-refractivity contribution in [2.24, 2.45) is 0 Å². The summed E-state index contributed by atoms with van der Waals surface area (Å²) in [7, 11) is 0. The van der Waals surface area contributed by atoms with E-state index in [9.17, 15) is 0 Å². The lowest BCUT2D eigenvalue weighted by Gasteiger charge is -2.25. The van der Waals surface area contributed by atoms with E-state index in [0.29, 0.717) is 6.04 Å². The van der Waals surface area contributed by atoms with Crippen LogP contribution in [0.15, 0.2) is 6.20 Å². The number of anilines is 1. The highest BCUT2D eigenvalue weighted by atomic mass is 15.2. The summed E-state index contributed by atoms with van der Waals surface area (Å²) in [5.41, 5.74) is 2.31. The molecule has 1 aromatic heterocycles. The van der Waals surface area contributed by atoms with Gasteiger partial charge in [-0.25, -0.2) is 9.97 Å². The number of hydrogen-bond acceptors (Lipinski definition) is 4. The molecule has 1 saturated heterocycles. The van der Waals surface area contributed by atoms with E-state index in [-0.39, 0.29) is 0 Å². The molecule has 0 unspecified atom stereocenters. The molecule has 4 nitrogen and oxygen atoms in total. The van der Waals surface area contributed by atoms with E-state index in [1.165, 1.54) is 37.7 Å². The third kappa shape index (κ3) is 4.44. The molecule has 20 heavy (non-hydrogen) atoms. The topological polar surface area (TPSA) is 41.1 Å². The normalized spacial score (nSPS) is 17.1. The summed E-state index contributed by atoms with van der Waals surface area (Å²) >= 11 is 0. The number of aryl methyl sites for hydroxylation is 1. The molecule has 0 radical (unpaired) electrons. The quantitative estimate of drug-likeness (QED) is 0.917. The third-order valence-electron chi connectivity index (χ3n) is 3.91. The predicted octanol–water partition coefficient (Wildman–Crippen LogP) is 3.05. The number of rotatable bonds is 4. The average Bonchev–Trinajstić information content (AvgIpc) is 2.36. The highest BCUT2D eigenvalue weighted by Gasteiger charge is 2.13. The minimum absolute atomic E-state index is 0.489.